The first-order chi connectivity index (χ1) is 6.92. The first-order valence-corrected chi connectivity index (χ1v) is 4.86. The van der Waals surface area contributed by atoms with Gasteiger partial charge in [0.25, 0.3) is 0 Å². The molecule has 2 heterocycles. The van der Waals surface area contributed by atoms with E-state index in [0.29, 0.717) is 5.92 Å². The number of nitrogens with one attached hydrogen (secondary N) is 1. The van der Waals surface area contributed by atoms with Gasteiger partial charge < -0.3 is 4.74 Å². The van der Waals surface area contributed by atoms with Gasteiger partial charge >= 0.3 is 0 Å². The van der Waals surface area contributed by atoms with Gasteiger partial charge in [0.15, 0.2) is 0 Å². The van der Waals surface area contributed by atoms with Gasteiger partial charge in [0.05, 0.1) is 18.3 Å². The van der Waals surface area contributed by atoms with Crippen LogP contribution in [0, 0.1) is 5.92 Å². The van der Waals surface area contributed by atoms with Crippen molar-refractivity contribution < 1.29 is 4.74 Å². The molecule has 1 saturated heterocycles. The lowest BCUT2D eigenvalue weighted by Crippen LogP contribution is -2.34. The molecule has 2 atom stereocenters. The number of pyridine rings is 1. The van der Waals surface area contributed by atoms with Gasteiger partial charge in [-0.25, -0.2) is 0 Å². The Morgan fingerprint density at radius 1 is 1.57 bits per heavy atom. The highest BCUT2D eigenvalue weighted by atomic mass is 16.5. The monoisotopic (exact) mass is 193 g/mol. The van der Waals surface area contributed by atoms with Gasteiger partial charge in [-0.1, -0.05) is 6.07 Å². The zero-order valence-corrected chi connectivity index (χ0v) is 8.02. The van der Waals surface area contributed by atoms with Crippen LogP contribution in [0.4, 0.5) is 0 Å². The van der Waals surface area contributed by atoms with Crippen molar-refractivity contribution in [2.24, 2.45) is 11.8 Å². The fraction of sp³-hybridized carbons (Fsp3) is 0.500. The van der Waals surface area contributed by atoms with E-state index in [1.807, 2.05) is 18.2 Å². The highest BCUT2D eigenvalue weighted by Gasteiger charge is 2.26. The van der Waals surface area contributed by atoms with E-state index in [1.165, 1.54) is 0 Å². The van der Waals surface area contributed by atoms with Gasteiger partial charge in [0.1, 0.15) is 0 Å². The lowest BCUT2D eigenvalue weighted by molar-refractivity contribution is 0.176. The number of aromatic nitrogens is 1. The van der Waals surface area contributed by atoms with Crippen molar-refractivity contribution >= 4 is 0 Å². The van der Waals surface area contributed by atoms with E-state index in [-0.39, 0.29) is 6.04 Å². The Bertz CT molecular complexity index is 272. The molecule has 76 valence electrons. The van der Waals surface area contributed by atoms with E-state index in [1.54, 1.807) is 6.20 Å². The molecule has 0 spiro atoms. The maximum Gasteiger partial charge on any atom is 0.0683 e. The van der Waals surface area contributed by atoms with Crippen LogP contribution in [0.25, 0.3) is 0 Å². The average molecular weight is 193 g/mol. The summed E-state index contributed by atoms with van der Waals surface area (Å²) in [6.07, 6.45) is 2.83. The molecule has 3 N–H and O–H groups in total. The molecule has 0 bridgehead atoms. The van der Waals surface area contributed by atoms with Crippen LogP contribution in [0.5, 0.6) is 0 Å². The standard InChI is InChI=1S/C10H15N3O/c11-13-10(8-4-6-14-7-8)9-3-1-2-5-12-9/h1-3,5,8,10,13H,4,6-7,11H2. The fourth-order valence-corrected chi connectivity index (χ4v) is 1.84. The van der Waals surface area contributed by atoms with E-state index < -0.39 is 0 Å². The summed E-state index contributed by atoms with van der Waals surface area (Å²) in [7, 11) is 0. The minimum atomic E-state index is 0.110. The fourth-order valence-electron chi connectivity index (χ4n) is 1.84. The summed E-state index contributed by atoms with van der Waals surface area (Å²) < 4.78 is 5.34. The predicted molar refractivity (Wildman–Crippen MR) is 53.2 cm³/mol. The Morgan fingerprint density at radius 2 is 2.50 bits per heavy atom. The van der Waals surface area contributed by atoms with Crippen molar-refractivity contribution in [3.8, 4) is 0 Å². The minimum absolute atomic E-state index is 0.110. The highest BCUT2D eigenvalue weighted by molar-refractivity contribution is 5.10. The smallest absolute Gasteiger partial charge is 0.0683 e. The van der Waals surface area contributed by atoms with Crippen LogP contribution >= 0.6 is 0 Å². The van der Waals surface area contributed by atoms with Crippen molar-refractivity contribution in [2.45, 2.75) is 12.5 Å². The van der Waals surface area contributed by atoms with E-state index in [0.717, 1.165) is 25.3 Å². The zero-order chi connectivity index (χ0) is 9.80. The van der Waals surface area contributed by atoms with Gasteiger partial charge in [-0.3, -0.25) is 16.3 Å². The SMILES string of the molecule is NNC(c1ccccn1)C1CCOC1. The lowest BCUT2D eigenvalue weighted by Gasteiger charge is -2.20. The molecule has 1 aliphatic rings. The van der Waals surface area contributed by atoms with Crippen molar-refractivity contribution in [1.82, 2.24) is 10.4 Å². The maximum absolute atomic E-state index is 5.54. The Morgan fingerprint density at radius 3 is 3.07 bits per heavy atom. The molecule has 4 heteroatoms. The second kappa shape index (κ2) is 4.50. The third kappa shape index (κ3) is 1.92. The van der Waals surface area contributed by atoms with Gasteiger partial charge in [-0.05, 0) is 18.6 Å². The Hall–Kier alpha value is -0.970. The van der Waals surface area contributed by atoms with Crippen LogP contribution in [0.1, 0.15) is 18.2 Å². The molecule has 4 nitrogen and oxygen atoms in total. The normalized spacial score (nSPS) is 23.6. The summed E-state index contributed by atoms with van der Waals surface area (Å²) in [6, 6.07) is 5.98. The highest BCUT2D eigenvalue weighted by Crippen LogP contribution is 2.26. The largest absolute Gasteiger partial charge is 0.381 e. The van der Waals surface area contributed by atoms with E-state index >= 15 is 0 Å². The predicted octanol–water partition coefficient (Wildman–Crippen LogP) is 0.622. The quantitative estimate of drug-likeness (QED) is 0.546. The molecule has 1 aromatic heterocycles. The van der Waals surface area contributed by atoms with Crippen LogP contribution in [0.15, 0.2) is 24.4 Å². The molecule has 0 amide bonds. The first kappa shape index (κ1) is 9.58. The average Bonchev–Trinajstić information content (AvgIpc) is 2.74. The van der Waals surface area contributed by atoms with E-state index in [9.17, 15) is 0 Å². The molecule has 0 aromatic carbocycles. The minimum Gasteiger partial charge on any atom is -0.381 e. The number of nitrogens with two attached hydrogens (primary N) is 1. The van der Waals surface area contributed by atoms with Gasteiger partial charge in [-0.2, -0.15) is 0 Å². The topological polar surface area (TPSA) is 60.2 Å². The van der Waals surface area contributed by atoms with E-state index in [4.69, 9.17) is 10.6 Å². The van der Waals surface area contributed by atoms with Crippen molar-refractivity contribution in [3.63, 3.8) is 0 Å². The molecule has 0 aliphatic carbocycles. The summed E-state index contributed by atoms with van der Waals surface area (Å²) in [6.45, 7) is 1.60. The molecule has 14 heavy (non-hydrogen) atoms. The number of ether oxygens (including phenoxy) is 1. The second-order valence-electron chi connectivity index (χ2n) is 3.52. The van der Waals surface area contributed by atoms with Gasteiger partial charge in [0, 0.05) is 18.7 Å². The van der Waals surface area contributed by atoms with Crippen LogP contribution in [-0.4, -0.2) is 18.2 Å². The van der Waals surface area contributed by atoms with Crippen molar-refractivity contribution in [1.29, 1.82) is 0 Å². The number of hydrazine groups is 1. The molecule has 1 fully saturated rings. The molecule has 2 unspecified atom stereocenters. The van der Waals surface area contributed by atoms with Gasteiger partial charge in [-0.15, -0.1) is 0 Å². The van der Waals surface area contributed by atoms with Gasteiger partial charge in [0.2, 0.25) is 0 Å². The molecule has 0 radical (unpaired) electrons. The summed E-state index contributed by atoms with van der Waals surface area (Å²) in [5.74, 6) is 5.98. The summed E-state index contributed by atoms with van der Waals surface area (Å²) >= 11 is 0. The van der Waals surface area contributed by atoms with Crippen molar-refractivity contribution in [3.05, 3.63) is 30.1 Å². The number of rotatable bonds is 3. The summed E-state index contributed by atoms with van der Waals surface area (Å²) in [5, 5.41) is 0. The van der Waals surface area contributed by atoms with Crippen LogP contribution < -0.4 is 11.3 Å². The number of hydrogen-bond donors (Lipinski definition) is 2. The Balaban J connectivity index is 2.12. The molecular weight excluding hydrogens is 178 g/mol. The summed E-state index contributed by atoms with van der Waals surface area (Å²) in [5.41, 5.74) is 3.81. The molecule has 1 aliphatic heterocycles. The zero-order valence-electron chi connectivity index (χ0n) is 8.02. The molecular formula is C10H15N3O. The number of nitrogens with zero attached hydrogens (tertiary/aromatic N) is 1. The third-order valence-electron chi connectivity index (χ3n) is 2.62. The molecule has 2 rings (SSSR count). The summed E-state index contributed by atoms with van der Waals surface area (Å²) in [4.78, 5) is 4.30. The third-order valence-corrected chi connectivity index (χ3v) is 2.62. The van der Waals surface area contributed by atoms with Crippen molar-refractivity contribution in [2.75, 3.05) is 13.2 Å². The van der Waals surface area contributed by atoms with Crippen LogP contribution in [0.3, 0.4) is 0 Å². The van der Waals surface area contributed by atoms with Crippen LogP contribution in [0.2, 0.25) is 0 Å². The van der Waals surface area contributed by atoms with Crippen LogP contribution in [-0.2, 0) is 4.74 Å². The number of hydrogen-bond acceptors (Lipinski definition) is 4. The second-order valence-corrected chi connectivity index (χ2v) is 3.52. The first-order valence-electron chi connectivity index (χ1n) is 4.86. The lowest BCUT2D eigenvalue weighted by atomic mass is 9.96. The molecule has 0 saturated carbocycles. The van der Waals surface area contributed by atoms with E-state index in [2.05, 4.69) is 10.4 Å². The Labute approximate surface area is 83.4 Å². The Kier molecular flexibility index (Phi) is 3.08. The maximum atomic E-state index is 5.54. The molecule has 1 aromatic rings.